The monoisotopic (exact) mass is 329 g/mol. The maximum atomic E-state index is 12.6. The van der Waals surface area contributed by atoms with Crippen molar-refractivity contribution >= 4 is 5.97 Å². The third-order valence-electron chi connectivity index (χ3n) is 4.41. The molecule has 1 N–H and O–H groups in total. The molecular weight excluding hydrogens is 307 g/mol. The highest BCUT2D eigenvalue weighted by atomic mass is 19.4. The number of hydrogen-bond acceptors (Lipinski definition) is 2. The summed E-state index contributed by atoms with van der Waals surface area (Å²) < 4.78 is 37.7. The molecule has 1 saturated heterocycles. The van der Waals surface area contributed by atoms with Crippen LogP contribution in [0, 0.1) is 0 Å². The predicted octanol–water partition coefficient (Wildman–Crippen LogP) is 4.14. The molecule has 0 aliphatic carbocycles. The van der Waals surface area contributed by atoms with Crippen LogP contribution in [0.4, 0.5) is 13.2 Å². The number of unbranched alkanes of at least 4 members (excludes halogenated alkanes) is 1. The van der Waals surface area contributed by atoms with Gasteiger partial charge in [0.25, 0.3) is 0 Å². The zero-order valence-electron chi connectivity index (χ0n) is 13.0. The Labute approximate surface area is 134 Å². The number of halogens is 3. The lowest BCUT2D eigenvalue weighted by atomic mass is 9.89. The van der Waals surface area contributed by atoms with Gasteiger partial charge in [-0.2, -0.15) is 13.2 Å². The van der Waals surface area contributed by atoms with E-state index < -0.39 is 17.7 Å². The minimum absolute atomic E-state index is 0.210. The minimum Gasteiger partial charge on any atom is -0.481 e. The van der Waals surface area contributed by atoms with Gasteiger partial charge in [-0.05, 0) is 68.9 Å². The molecule has 0 spiro atoms. The van der Waals surface area contributed by atoms with Gasteiger partial charge < -0.3 is 10.0 Å². The first-order chi connectivity index (χ1) is 10.9. The maximum absolute atomic E-state index is 12.6. The highest BCUT2D eigenvalue weighted by molar-refractivity contribution is 5.66. The van der Waals surface area contributed by atoms with Crippen LogP contribution in [0.1, 0.15) is 49.1 Å². The number of carboxylic acid groups (broad SMARTS) is 1. The highest BCUT2D eigenvalue weighted by Gasteiger charge is 2.30. The van der Waals surface area contributed by atoms with E-state index in [-0.39, 0.29) is 6.42 Å². The van der Waals surface area contributed by atoms with Gasteiger partial charge in [-0.3, -0.25) is 4.79 Å². The Kier molecular flexibility index (Phi) is 6.04. The SMILES string of the molecule is O=C(O)CCCCN1CCC(c2ccc(C(F)(F)F)cc2)CC1. The summed E-state index contributed by atoms with van der Waals surface area (Å²) in [4.78, 5) is 12.8. The number of piperidine rings is 1. The molecule has 128 valence electrons. The number of hydrogen-bond donors (Lipinski definition) is 1. The van der Waals surface area contributed by atoms with E-state index in [4.69, 9.17) is 5.11 Å². The first-order valence-corrected chi connectivity index (χ1v) is 7.97. The molecule has 23 heavy (non-hydrogen) atoms. The lowest BCUT2D eigenvalue weighted by Crippen LogP contribution is -2.33. The third-order valence-corrected chi connectivity index (χ3v) is 4.41. The molecule has 0 bridgehead atoms. The molecule has 3 nitrogen and oxygen atoms in total. The maximum Gasteiger partial charge on any atom is 0.416 e. The Morgan fingerprint density at radius 3 is 2.26 bits per heavy atom. The molecule has 0 radical (unpaired) electrons. The van der Waals surface area contributed by atoms with Gasteiger partial charge in [0.05, 0.1) is 5.56 Å². The summed E-state index contributed by atoms with van der Waals surface area (Å²) in [5.74, 6) is -0.446. The lowest BCUT2D eigenvalue weighted by Gasteiger charge is -2.32. The summed E-state index contributed by atoms with van der Waals surface area (Å²) in [6.45, 7) is 2.73. The quantitative estimate of drug-likeness (QED) is 0.798. The van der Waals surface area contributed by atoms with Crippen LogP contribution < -0.4 is 0 Å². The van der Waals surface area contributed by atoms with Crippen molar-refractivity contribution in [3.05, 3.63) is 35.4 Å². The second kappa shape index (κ2) is 7.81. The summed E-state index contributed by atoms with van der Waals surface area (Å²) in [7, 11) is 0. The van der Waals surface area contributed by atoms with Crippen LogP contribution >= 0.6 is 0 Å². The van der Waals surface area contributed by atoms with E-state index in [1.54, 1.807) is 12.1 Å². The van der Waals surface area contributed by atoms with E-state index in [0.717, 1.165) is 56.6 Å². The van der Waals surface area contributed by atoms with Crippen molar-refractivity contribution in [1.29, 1.82) is 0 Å². The molecule has 1 heterocycles. The Morgan fingerprint density at radius 1 is 1.13 bits per heavy atom. The molecule has 1 aliphatic rings. The smallest absolute Gasteiger partial charge is 0.416 e. The molecule has 0 amide bonds. The Bertz CT molecular complexity index is 506. The summed E-state index contributed by atoms with van der Waals surface area (Å²) >= 11 is 0. The zero-order valence-corrected chi connectivity index (χ0v) is 13.0. The van der Waals surface area contributed by atoms with Crippen LogP contribution in [0.15, 0.2) is 24.3 Å². The van der Waals surface area contributed by atoms with E-state index in [9.17, 15) is 18.0 Å². The fraction of sp³-hybridized carbons (Fsp3) is 0.588. The van der Waals surface area contributed by atoms with Gasteiger partial charge in [0, 0.05) is 6.42 Å². The number of nitrogens with zero attached hydrogens (tertiary/aromatic N) is 1. The molecule has 0 unspecified atom stereocenters. The van der Waals surface area contributed by atoms with Gasteiger partial charge in [0.2, 0.25) is 0 Å². The minimum atomic E-state index is -4.28. The largest absolute Gasteiger partial charge is 0.481 e. The van der Waals surface area contributed by atoms with Crippen molar-refractivity contribution in [3.8, 4) is 0 Å². The Hall–Kier alpha value is -1.56. The number of likely N-dealkylation sites (tertiary alicyclic amines) is 1. The molecule has 0 atom stereocenters. The summed E-state index contributed by atoms with van der Waals surface area (Å²) in [6, 6.07) is 5.51. The third kappa shape index (κ3) is 5.53. The van der Waals surface area contributed by atoms with Crippen LogP contribution in [0.25, 0.3) is 0 Å². The topological polar surface area (TPSA) is 40.5 Å². The van der Waals surface area contributed by atoms with Crippen molar-refractivity contribution < 1.29 is 23.1 Å². The summed E-state index contributed by atoms with van der Waals surface area (Å²) in [5, 5.41) is 8.60. The number of alkyl halides is 3. The molecule has 1 aromatic rings. The highest BCUT2D eigenvalue weighted by Crippen LogP contribution is 2.32. The van der Waals surface area contributed by atoms with E-state index >= 15 is 0 Å². The number of rotatable bonds is 6. The molecule has 0 saturated carbocycles. The van der Waals surface area contributed by atoms with Gasteiger partial charge in [-0.15, -0.1) is 0 Å². The van der Waals surface area contributed by atoms with Gasteiger partial charge >= 0.3 is 12.1 Å². The van der Waals surface area contributed by atoms with Gasteiger partial charge in [-0.25, -0.2) is 0 Å². The molecule has 1 fully saturated rings. The molecule has 1 aliphatic heterocycles. The second-order valence-corrected chi connectivity index (χ2v) is 6.09. The number of carbonyl (C=O) groups is 1. The average Bonchev–Trinajstić information content (AvgIpc) is 2.51. The fourth-order valence-corrected chi connectivity index (χ4v) is 3.05. The molecule has 0 aromatic heterocycles. The van der Waals surface area contributed by atoms with Crippen molar-refractivity contribution in [2.75, 3.05) is 19.6 Å². The van der Waals surface area contributed by atoms with Gasteiger partial charge in [0.15, 0.2) is 0 Å². The number of carboxylic acids is 1. The average molecular weight is 329 g/mol. The van der Waals surface area contributed by atoms with Crippen molar-refractivity contribution in [1.82, 2.24) is 4.90 Å². The van der Waals surface area contributed by atoms with E-state index in [2.05, 4.69) is 4.90 Å². The van der Waals surface area contributed by atoms with Crippen LogP contribution in [-0.4, -0.2) is 35.6 Å². The summed E-state index contributed by atoms with van der Waals surface area (Å²) in [6.07, 6.45) is -0.639. The Balaban J connectivity index is 1.77. The van der Waals surface area contributed by atoms with E-state index in [1.807, 2.05) is 0 Å². The Morgan fingerprint density at radius 2 is 1.74 bits per heavy atom. The number of aliphatic carboxylic acids is 1. The van der Waals surface area contributed by atoms with Crippen LogP contribution in [0.3, 0.4) is 0 Å². The first-order valence-electron chi connectivity index (χ1n) is 7.97. The standard InChI is InChI=1S/C17H22F3NO2/c18-17(19,20)15-6-4-13(5-7-15)14-8-11-21(12-9-14)10-2-1-3-16(22)23/h4-7,14H,1-3,8-12H2,(H,22,23). The molecule has 1 aromatic carbocycles. The van der Waals surface area contributed by atoms with Crippen LogP contribution in [0.5, 0.6) is 0 Å². The number of benzene rings is 1. The van der Waals surface area contributed by atoms with E-state index in [1.165, 1.54) is 0 Å². The van der Waals surface area contributed by atoms with Crippen molar-refractivity contribution in [2.24, 2.45) is 0 Å². The van der Waals surface area contributed by atoms with Gasteiger partial charge in [0.1, 0.15) is 0 Å². The molecule has 6 heteroatoms. The molecule has 2 rings (SSSR count). The molecular formula is C17H22F3NO2. The van der Waals surface area contributed by atoms with Crippen LogP contribution in [0.2, 0.25) is 0 Å². The van der Waals surface area contributed by atoms with E-state index in [0.29, 0.717) is 12.3 Å². The normalized spacial score (nSPS) is 17.3. The summed E-state index contributed by atoms with van der Waals surface area (Å²) in [5.41, 5.74) is 0.376. The van der Waals surface area contributed by atoms with Gasteiger partial charge in [-0.1, -0.05) is 12.1 Å². The van der Waals surface area contributed by atoms with Crippen molar-refractivity contribution in [2.45, 2.75) is 44.2 Å². The van der Waals surface area contributed by atoms with Crippen LogP contribution in [-0.2, 0) is 11.0 Å². The second-order valence-electron chi connectivity index (χ2n) is 6.09. The predicted molar refractivity (Wildman–Crippen MR) is 81.3 cm³/mol. The lowest BCUT2D eigenvalue weighted by molar-refractivity contribution is -0.138. The first kappa shape index (κ1) is 17.8. The fourth-order valence-electron chi connectivity index (χ4n) is 3.05. The zero-order chi connectivity index (χ0) is 16.9. The van der Waals surface area contributed by atoms with Crippen molar-refractivity contribution in [3.63, 3.8) is 0 Å².